The summed E-state index contributed by atoms with van der Waals surface area (Å²) in [7, 11) is -3.76. The van der Waals surface area contributed by atoms with E-state index in [2.05, 4.69) is 14.1 Å². The second-order valence-electron chi connectivity index (χ2n) is 4.97. The number of aromatic nitrogens is 2. The van der Waals surface area contributed by atoms with Crippen molar-refractivity contribution in [1.29, 1.82) is 0 Å². The first-order chi connectivity index (χ1) is 11.5. The SMILES string of the molecule is O=CN1CCN(c2ccc(S(=O)(=O)Nc3ncns3)cc2)C(=O)C1. The fourth-order valence-electron chi connectivity index (χ4n) is 2.25. The molecular weight excluding hydrogens is 354 g/mol. The highest BCUT2D eigenvalue weighted by atomic mass is 32.2. The van der Waals surface area contributed by atoms with Gasteiger partial charge in [0, 0.05) is 30.3 Å². The molecule has 2 heterocycles. The van der Waals surface area contributed by atoms with Crippen molar-refractivity contribution in [2.24, 2.45) is 0 Å². The smallest absolute Gasteiger partial charge is 0.263 e. The first-order valence-corrected chi connectivity index (χ1v) is 9.14. The van der Waals surface area contributed by atoms with Gasteiger partial charge in [0.05, 0.1) is 11.4 Å². The molecule has 0 bridgehead atoms. The molecule has 0 atom stereocenters. The van der Waals surface area contributed by atoms with Gasteiger partial charge >= 0.3 is 0 Å². The predicted octanol–water partition coefficient (Wildman–Crippen LogP) is 0.144. The average Bonchev–Trinajstić information content (AvgIpc) is 3.07. The Labute approximate surface area is 142 Å². The highest BCUT2D eigenvalue weighted by molar-refractivity contribution is 7.93. The number of nitrogens with zero attached hydrogens (tertiary/aromatic N) is 4. The molecule has 0 saturated carbocycles. The zero-order valence-corrected chi connectivity index (χ0v) is 14.0. The maximum absolute atomic E-state index is 12.2. The van der Waals surface area contributed by atoms with Gasteiger partial charge in [0.2, 0.25) is 17.4 Å². The number of carbonyl (C=O) groups is 2. The first-order valence-electron chi connectivity index (χ1n) is 6.89. The molecule has 9 nitrogen and oxygen atoms in total. The third kappa shape index (κ3) is 3.36. The standard InChI is InChI=1S/C13H13N5O4S2/c19-9-17-5-6-18(12(20)7-17)10-1-3-11(4-2-10)24(21,22)16-13-14-8-15-23-13/h1-4,8-9H,5-7H2,(H,14,15,16). The van der Waals surface area contributed by atoms with Crippen LogP contribution in [0.5, 0.6) is 0 Å². The predicted molar refractivity (Wildman–Crippen MR) is 87.1 cm³/mol. The number of hydrogen-bond donors (Lipinski definition) is 1. The molecule has 1 saturated heterocycles. The minimum absolute atomic E-state index is 0.0160. The molecule has 11 heteroatoms. The number of nitrogens with one attached hydrogen (secondary N) is 1. The molecular formula is C13H13N5O4S2. The molecule has 126 valence electrons. The number of benzene rings is 1. The molecule has 1 fully saturated rings. The van der Waals surface area contributed by atoms with Gasteiger partial charge in [0.25, 0.3) is 10.0 Å². The number of piperazine rings is 1. The number of carbonyl (C=O) groups excluding carboxylic acids is 2. The van der Waals surface area contributed by atoms with E-state index in [0.29, 0.717) is 25.2 Å². The van der Waals surface area contributed by atoms with E-state index in [9.17, 15) is 18.0 Å². The number of rotatable bonds is 5. The number of anilines is 2. The van der Waals surface area contributed by atoms with Crippen LogP contribution in [0.4, 0.5) is 10.8 Å². The van der Waals surface area contributed by atoms with Gasteiger partial charge in [0.1, 0.15) is 6.33 Å². The van der Waals surface area contributed by atoms with Crippen LogP contribution in [0.3, 0.4) is 0 Å². The summed E-state index contributed by atoms with van der Waals surface area (Å²) in [5.41, 5.74) is 0.584. The summed E-state index contributed by atoms with van der Waals surface area (Å²) in [6.07, 6.45) is 1.90. The van der Waals surface area contributed by atoms with Crippen LogP contribution in [0.1, 0.15) is 0 Å². The lowest BCUT2D eigenvalue weighted by molar-refractivity contribution is -0.128. The van der Waals surface area contributed by atoms with E-state index >= 15 is 0 Å². The van der Waals surface area contributed by atoms with Gasteiger partial charge < -0.3 is 9.80 Å². The van der Waals surface area contributed by atoms with E-state index in [0.717, 1.165) is 11.5 Å². The zero-order chi connectivity index (χ0) is 17.2. The fraction of sp³-hybridized carbons (Fsp3) is 0.231. The number of hydrogen-bond acceptors (Lipinski definition) is 7. The lowest BCUT2D eigenvalue weighted by Crippen LogP contribution is -2.49. The quantitative estimate of drug-likeness (QED) is 0.753. The van der Waals surface area contributed by atoms with E-state index < -0.39 is 10.0 Å². The number of amides is 2. The van der Waals surface area contributed by atoms with Gasteiger partial charge in [-0.2, -0.15) is 4.37 Å². The van der Waals surface area contributed by atoms with Crippen molar-refractivity contribution in [1.82, 2.24) is 14.3 Å². The summed E-state index contributed by atoms with van der Waals surface area (Å²) in [6, 6.07) is 5.95. The first kappa shape index (κ1) is 16.3. The molecule has 0 radical (unpaired) electrons. The Hall–Kier alpha value is -2.53. The van der Waals surface area contributed by atoms with Crippen LogP contribution in [0.25, 0.3) is 0 Å². The van der Waals surface area contributed by atoms with Gasteiger partial charge in [-0.25, -0.2) is 13.4 Å². The Kier molecular flexibility index (Phi) is 4.44. The lowest BCUT2D eigenvalue weighted by Gasteiger charge is -2.32. The van der Waals surface area contributed by atoms with Crippen LogP contribution in [-0.2, 0) is 19.6 Å². The molecule has 24 heavy (non-hydrogen) atoms. The van der Waals surface area contributed by atoms with Gasteiger partial charge in [0.15, 0.2) is 0 Å². The van der Waals surface area contributed by atoms with Crippen molar-refractivity contribution in [3.63, 3.8) is 0 Å². The molecule has 1 aromatic carbocycles. The zero-order valence-electron chi connectivity index (χ0n) is 12.3. The van der Waals surface area contributed by atoms with Gasteiger partial charge in [-0.3, -0.25) is 14.3 Å². The fourth-order valence-corrected chi connectivity index (χ4v) is 3.91. The minimum atomic E-state index is -3.76. The van der Waals surface area contributed by atoms with Crippen molar-refractivity contribution < 1.29 is 18.0 Å². The summed E-state index contributed by atoms with van der Waals surface area (Å²) >= 11 is 0.936. The van der Waals surface area contributed by atoms with Crippen LogP contribution in [0.2, 0.25) is 0 Å². The van der Waals surface area contributed by atoms with Crippen LogP contribution in [0, 0.1) is 0 Å². The van der Waals surface area contributed by atoms with Crippen molar-refractivity contribution in [2.45, 2.75) is 4.90 Å². The lowest BCUT2D eigenvalue weighted by atomic mass is 10.2. The molecule has 1 aliphatic heterocycles. The van der Waals surface area contributed by atoms with Crippen molar-refractivity contribution in [2.75, 3.05) is 29.3 Å². The van der Waals surface area contributed by atoms with Gasteiger partial charge in [-0.1, -0.05) is 0 Å². The van der Waals surface area contributed by atoms with Crippen molar-refractivity contribution in [3.05, 3.63) is 30.6 Å². The van der Waals surface area contributed by atoms with Crippen LogP contribution >= 0.6 is 11.5 Å². The Bertz CT molecular complexity index is 836. The number of sulfonamides is 1. The molecule has 0 spiro atoms. The third-order valence-electron chi connectivity index (χ3n) is 3.44. The van der Waals surface area contributed by atoms with E-state index in [1.165, 1.54) is 28.3 Å². The molecule has 0 unspecified atom stereocenters. The molecule has 0 aliphatic carbocycles. The summed E-state index contributed by atoms with van der Waals surface area (Å²) < 4.78 is 30.5. The van der Waals surface area contributed by atoms with E-state index in [1.54, 1.807) is 12.1 Å². The van der Waals surface area contributed by atoms with Crippen molar-refractivity contribution in [3.8, 4) is 0 Å². The van der Waals surface area contributed by atoms with Crippen LogP contribution in [0.15, 0.2) is 35.5 Å². The van der Waals surface area contributed by atoms with Crippen molar-refractivity contribution >= 4 is 44.7 Å². The highest BCUT2D eigenvalue weighted by Crippen LogP contribution is 2.22. The second kappa shape index (κ2) is 6.53. The summed E-state index contributed by atoms with van der Waals surface area (Å²) in [5, 5.41) is 0.180. The van der Waals surface area contributed by atoms with E-state index in [1.807, 2.05) is 0 Å². The minimum Gasteiger partial charge on any atom is -0.334 e. The summed E-state index contributed by atoms with van der Waals surface area (Å²) in [5.74, 6) is -0.212. The average molecular weight is 367 g/mol. The summed E-state index contributed by atoms with van der Waals surface area (Å²) in [6.45, 7) is 0.822. The molecule has 1 aromatic heterocycles. The maximum Gasteiger partial charge on any atom is 0.263 e. The normalized spacial score (nSPS) is 15.4. The van der Waals surface area contributed by atoms with Gasteiger partial charge in [-0.15, -0.1) is 0 Å². The largest absolute Gasteiger partial charge is 0.334 e. The second-order valence-corrected chi connectivity index (χ2v) is 7.43. The monoisotopic (exact) mass is 367 g/mol. The van der Waals surface area contributed by atoms with Crippen LogP contribution in [-0.4, -0.2) is 54.6 Å². The maximum atomic E-state index is 12.2. The Balaban J connectivity index is 1.76. The molecule has 1 aliphatic rings. The molecule has 3 rings (SSSR count). The highest BCUT2D eigenvalue weighted by Gasteiger charge is 2.24. The molecule has 2 aromatic rings. The Morgan fingerprint density at radius 2 is 1.96 bits per heavy atom. The van der Waals surface area contributed by atoms with Crippen LogP contribution < -0.4 is 9.62 Å². The topological polar surface area (TPSA) is 113 Å². The Morgan fingerprint density at radius 3 is 2.54 bits per heavy atom. The third-order valence-corrected chi connectivity index (χ3v) is 5.51. The van der Waals surface area contributed by atoms with E-state index in [4.69, 9.17) is 0 Å². The molecule has 2 amide bonds. The van der Waals surface area contributed by atoms with Gasteiger partial charge in [-0.05, 0) is 24.3 Å². The summed E-state index contributed by atoms with van der Waals surface area (Å²) in [4.78, 5) is 29.5. The molecule has 1 N–H and O–H groups in total. The van der Waals surface area contributed by atoms with E-state index in [-0.39, 0.29) is 22.5 Å². The Morgan fingerprint density at radius 1 is 1.21 bits per heavy atom.